The van der Waals surface area contributed by atoms with Crippen LogP contribution >= 0.6 is 0 Å². The van der Waals surface area contributed by atoms with Crippen LogP contribution in [0.1, 0.15) is 42.2 Å². The molecule has 1 aromatic heterocycles. The van der Waals surface area contributed by atoms with Crippen LogP contribution in [0.15, 0.2) is 66.9 Å². The van der Waals surface area contributed by atoms with Crippen molar-refractivity contribution >= 4 is 5.70 Å². The van der Waals surface area contributed by atoms with Crippen LogP contribution in [0.4, 0.5) is 17.6 Å². The molecule has 1 aromatic carbocycles. The molecule has 0 radical (unpaired) electrons. The Balaban J connectivity index is 1.22. The summed E-state index contributed by atoms with van der Waals surface area (Å²) in [7, 11) is 0. The van der Waals surface area contributed by atoms with Crippen LogP contribution in [-0.2, 0) is 10.9 Å². The van der Waals surface area contributed by atoms with E-state index in [1.54, 1.807) is 6.33 Å². The molecule has 3 aliphatic heterocycles. The highest BCUT2D eigenvalue weighted by atomic mass is 19.4. The minimum Gasteiger partial charge on any atom is -0.367 e. The number of aromatic nitrogens is 2. The fraction of sp³-hybridized carbons (Fsp3) is 0.400. The summed E-state index contributed by atoms with van der Waals surface area (Å²) >= 11 is 0. The van der Waals surface area contributed by atoms with E-state index in [0.29, 0.717) is 12.0 Å². The topological polar surface area (TPSA) is 30.3 Å². The molecule has 0 spiro atoms. The zero-order valence-corrected chi connectivity index (χ0v) is 18.2. The average Bonchev–Trinajstić information content (AvgIpc) is 3.38. The summed E-state index contributed by atoms with van der Waals surface area (Å²) in [5, 5.41) is 0. The van der Waals surface area contributed by atoms with Crippen LogP contribution in [0.5, 0.6) is 0 Å². The van der Waals surface area contributed by atoms with E-state index in [9.17, 15) is 17.6 Å². The van der Waals surface area contributed by atoms with Crippen LogP contribution in [0.2, 0.25) is 0 Å². The second kappa shape index (κ2) is 8.48. The summed E-state index contributed by atoms with van der Waals surface area (Å²) in [5.41, 5.74) is 2.83. The summed E-state index contributed by atoms with van der Waals surface area (Å²) in [6.45, 7) is 2.81. The monoisotopic (exact) mass is 459 g/mol. The molecule has 3 aliphatic rings. The lowest BCUT2D eigenvalue weighted by Gasteiger charge is -2.33. The summed E-state index contributed by atoms with van der Waals surface area (Å²) in [6.07, 6.45) is 7.39. The van der Waals surface area contributed by atoms with Crippen molar-refractivity contribution in [2.24, 2.45) is 5.92 Å². The SMILES string of the molecule is Cc1cn(C2=CN3CCC(C[C@H]4C[C@@H](F)[C@H](c5ccc(C(F)(F)F)cc5)O4)C=C3C=C2)cn1. The third-order valence-electron chi connectivity index (χ3n) is 6.49. The second-order valence-electron chi connectivity index (χ2n) is 8.93. The zero-order chi connectivity index (χ0) is 23.2. The highest BCUT2D eigenvalue weighted by Crippen LogP contribution is 2.40. The highest BCUT2D eigenvalue weighted by Gasteiger charge is 2.38. The molecule has 4 heterocycles. The molecule has 0 aliphatic carbocycles. The molecular formula is C25H25F4N3O. The van der Waals surface area contributed by atoms with Gasteiger partial charge in [0.2, 0.25) is 0 Å². The Labute approximate surface area is 189 Å². The van der Waals surface area contributed by atoms with Gasteiger partial charge in [-0.05, 0) is 55.5 Å². The zero-order valence-electron chi connectivity index (χ0n) is 18.2. The number of imidazole rings is 1. The lowest BCUT2D eigenvalue weighted by Crippen LogP contribution is -2.28. The smallest absolute Gasteiger partial charge is 0.367 e. The Morgan fingerprint density at radius 1 is 1.12 bits per heavy atom. The number of alkyl halides is 4. The maximum Gasteiger partial charge on any atom is 0.416 e. The molecule has 4 nitrogen and oxygen atoms in total. The first-order chi connectivity index (χ1) is 15.8. The second-order valence-corrected chi connectivity index (χ2v) is 8.93. The van der Waals surface area contributed by atoms with Crippen LogP contribution in [0, 0.1) is 12.8 Å². The third kappa shape index (κ3) is 4.62. The molecule has 1 saturated heterocycles. The van der Waals surface area contributed by atoms with E-state index in [1.165, 1.54) is 12.1 Å². The number of benzene rings is 1. The van der Waals surface area contributed by atoms with Gasteiger partial charge in [0, 0.05) is 31.1 Å². The van der Waals surface area contributed by atoms with E-state index >= 15 is 0 Å². The van der Waals surface area contributed by atoms with Gasteiger partial charge in [0.05, 0.1) is 29.4 Å². The van der Waals surface area contributed by atoms with E-state index in [2.05, 4.69) is 34.3 Å². The van der Waals surface area contributed by atoms with E-state index < -0.39 is 24.0 Å². The Kier molecular flexibility index (Phi) is 5.64. The number of nitrogens with zero attached hydrogens (tertiary/aromatic N) is 3. The molecular weight excluding hydrogens is 434 g/mol. The predicted molar refractivity (Wildman–Crippen MR) is 116 cm³/mol. The van der Waals surface area contributed by atoms with Crippen LogP contribution in [0.3, 0.4) is 0 Å². The number of allylic oxidation sites excluding steroid dienone is 4. The summed E-state index contributed by atoms with van der Waals surface area (Å²) in [4.78, 5) is 6.48. The Hall–Kier alpha value is -2.87. The first kappa shape index (κ1) is 21.9. The number of rotatable bonds is 4. The van der Waals surface area contributed by atoms with Gasteiger partial charge in [0.25, 0.3) is 0 Å². The predicted octanol–water partition coefficient (Wildman–Crippen LogP) is 6.04. The fourth-order valence-corrected chi connectivity index (χ4v) is 4.78. The van der Waals surface area contributed by atoms with Crippen LogP contribution in [0.25, 0.3) is 5.70 Å². The van der Waals surface area contributed by atoms with Gasteiger partial charge in [-0.25, -0.2) is 9.37 Å². The van der Waals surface area contributed by atoms with Crippen molar-refractivity contribution in [1.82, 2.24) is 14.5 Å². The Morgan fingerprint density at radius 3 is 2.58 bits per heavy atom. The van der Waals surface area contributed by atoms with Gasteiger partial charge in [-0.1, -0.05) is 18.2 Å². The van der Waals surface area contributed by atoms with Crippen molar-refractivity contribution < 1.29 is 22.3 Å². The largest absolute Gasteiger partial charge is 0.416 e. The molecule has 5 rings (SSSR count). The van der Waals surface area contributed by atoms with Gasteiger partial charge in [0.15, 0.2) is 0 Å². The van der Waals surface area contributed by atoms with Crippen molar-refractivity contribution in [1.29, 1.82) is 0 Å². The lowest BCUT2D eigenvalue weighted by molar-refractivity contribution is -0.137. The van der Waals surface area contributed by atoms with Gasteiger partial charge >= 0.3 is 6.18 Å². The molecule has 33 heavy (non-hydrogen) atoms. The van der Waals surface area contributed by atoms with Gasteiger partial charge < -0.3 is 14.2 Å². The summed E-state index contributed by atoms with van der Waals surface area (Å²) in [6, 6.07) is 4.62. The van der Waals surface area contributed by atoms with Gasteiger partial charge in [-0.2, -0.15) is 13.2 Å². The van der Waals surface area contributed by atoms with E-state index in [4.69, 9.17) is 4.74 Å². The first-order valence-electron chi connectivity index (χ1n) is 11.1. The maximum absolute atomic E-state index is 14.7. The fourth-order valence-electron chi connectivity index (χ4n) is 4.78. The van der Waals surface area contributed by atoms with Gasteiger partial charge in [-0.3, -0.25) is 0 Å². The lowest BCUT2D eigenvalue weighted by atomic mass is 9.91. The number of fused-ring (bicyclic) bond motifs is 1. The molecule has 0 amide bonds. The number of hydrogen-bond donors (Lipinski definition) is 0. The number of halogens is 4. The quantitative estimate of drug-likeness (QED) is 0.522. The molecule has 4 atom stereocenters. The number of hydrogen-bond acceptors (Lipinski definition) is 3. The first-order valence-corrected chi connectivity index (χ1v) is 11.1. The van der Waals surface area contributed by atoms with Gasteiger partial charge in [-0.15, -0.1) is 0 Å². The summed E-state index contributed by atoms with van der Waals surface area (Å²) in [5.74, 6) is 0.259. The Morgan fingerprint density at radius 2 is 1.88 bits per heavy atom. The van der Waals surface area contributed by atoms with Crippen LogP contribution < -0.4 is 0 Å². The molecule has 8 heteroatoms. The molecule has 1 unspecified atom stereocenters. The summed E-state index contributed by atoms with van der Waals surface area (Å²) < 4.78 is 61.0. The molecule has 0 N–H and O–H groups in total. The van der Waals surface area contributed by atoms with E-state index in [-0.39, 0.29) is 18.4 Å². The standard InChI is InChI=1S/C25H25F4N3O/c1-16-13-32(15-30-16)21-7-6-20-10-17(8-9-31(20)14-21)11-22-12-23(26)24(33-22)18-2-4-19(5-3-18)25(27,28)29/h2-7,10,13-15,17,22-24H,8-9,11-12H2,1H3/t17?,22-,23+,24-/m0/s1. The van der Waals surface area contributed by atoms with Crippen molar-refractivity contribution in [3.8, 4) is 0 Å². The van der Waals surface area contributed by atoms with Crippen molar-refractivity contribution in [3.05, 3.63) is 83.7 Å². The molecule has 0 saturated carbocycles. The minimum absolute atomic E-state index is 0.256. The van der Waals surface area contributed by atoms with Crippen molar-refractivity contribution in [2.75, 3.05) is 6.54 Å². The maximum atomic E-state index is 14.7. The van der Waals surface area contributed by atoms with Gasteiger partial charge in [0.1, 0.15) is 12.3 Å². The number of aryl methyl sites for hydroxylation is 1. The third-order valence-corrected chi connectivity index (χ3v) is 6.49. The van der Waals surface area contributed by atoms with Crippen molar-refractivity contribution in [2.45, 2.75) is 50.7 Å². The molecule has 0 bridgehead atoms. The molecule has 2 aromatic rings. The number of ether oxygens (including phenoxy) is 1. The van der Waals surface area contributed by atoms with E-state index in [0.717, 1.165) is 42.2 Å². The molecule has 1 fully saturated rings. The van der Waals surface area contributed by atoms with Crippen molar-refractivity contribution in [3.63, 3.8) is 0 Å². The molecule has 174 valence electrons. The normalized spacial score (nSPS) is 27.4. The highest BCUT2D eigenvalue weighted by molar-refractivity contribution is 5.61. The Bertz CT molecular complexity index is 1100. The van der Waals surface area contributed by atoms with E-state index in [1.807, 2.05) is 17.7 Å². The minimum atomic E-state index is -4.41. The van der Waals surface area contributed by atoms with Crippen LogP contribution in [-0.4, -0.2) is 33.3 Å². The average molecular weight is 459 g/mol.